The van der Waals surface area contributed by atoms with Gasteiger partial charge in [0.05, 0.1) is 28.6 Å². The number of pyridine rings is 1. The normalized spacial score (nSPS) is 19.3. The highest BCUT2D eigenvalue weighted by atomic mass is 19.1. The Bertz CT molecular complexity index is 2280. The number of terminal acetylenes is 1. The number of fused-ring (bicyclic) bond motifs is 2. The minimum Gasteiger partial charge on any atom is -0.508 e. The molecule has 0 spiro atoms. The van der Waals surface area contributed by atoms with Gasteiger partial charge in [-0.15, -0.1) is 6.42 Å². The molecule has 2 aromatic carbocycles. The van der Waals surface area contributed by atoms with Crippen LogP contribution in [0.4, 0.5) is 24.9 Å². The molecule has 4 heterocycles. The highest BCUT2D eigenvalue weighted by Crippen LogP contribution is 2.40. The van der Waals surface area contributed by atoms with E-state index in [4.69, 9.17) is 11.2 Å². The molecule has 272 valence electrons. The highest BCUT2D eigenvalue weighted by Gasteiger charge is 2.45. The second-order valence-corrected chi connectivity index (χ2v) is 13.8. The molecule has 2 N–H and O–H groups in total. The maximum Gasteiger partial charge on any atom is 0.319 e. The first kappa shape index (κ1) is 35.4. The first-order valence-corrected chi connectivity index (χ1v) is 17.2. The summed E-state index contributed by atoms with van der Waals surface area (Å²) >= 11 is 0. The number of hydrogen-bond donors (Lipinski definition) is 2. The van der Waals surface area contributed by atoms with Gasteiger partial charge in [-0.1, -0.05) is 31.4 Å². The van der Waals surface area contributed by atoms with Crippen LogP contribution < -0.4 is 15.0 Å². The molecule has 0 bridgehead atoms. The molecule has 2 aliphatic rings. The number of nitrogens with zero attached hydrogens (tertiary/aromatic N) is 7. The molecule has 14 heteroatoms. The van der Waals surface area contributed by atoms with Gasteiger partial charge in [-0.25, -0.2) is 23.1 Å². The van der Waals surface area contributed by atoms with Crippen LogP contribution in [0.3, 0.4) is 0 Å². The van der Waals surface area contributed by atoms with Crippen molar-refractivity contribution in [3.05, 3.63) is 78.8 Å². The van der Waals surface area contributed by atoms with E-state index < -0.39 is 28.9 Å². The number of likely N-dealkylation sites (N-methyl/N-ethyl adjacent to an activating group) is 1. The summed E-state index contributed by atoms with van der Waals surface area (Å²) in [5.74, 6) is 0.835. The summed E-state index contributed by atoms with van der Waals surface area (Å²) in [5.41, 5.74) is -1.97. The molecule has 7 rings (SSSR count). The van der Waals surface area contributed by atoms with E-state index in [2.05, 4.69) is 42.7 Å². The molecule has 1 amide bonds. The third-order valence-electron chi connectivity index (χ3n) is 10.5. The monoisotopic (exact) mass is 722 g/mol. The molecule has 53 heavy (non-hydrogen) atoms. The molecule has 0 unspecified atom stereocenters. The zero-order valence-electron chi connectivity index (χ0n) is 29.2. The fourth-order valence-corrected chi connectivity index (χ4v) is 7.64. The number of aromatic nitrogens is 5. The van der Waals surface area contributed by atoms with Gasteiger partial charge in [0.1, 0.15) is 41.4 Å². The van der Waals surface area contributed by atoms with E-state index in [1.165, 1.54) is 36.5 Å². The zero-order chi connectivity index (χ0) is 37.5. The Labute approximate surface area is 304 Å². The number of carbonyl (C=O) groups is 1. The first-order chi connectivity index (χ1) is 25.5. The Morgan fingerprint density at radius 2 is 1.96 bits per heavy atom. The second kappa shape index (κ2) is 13.9. The molecule has 1 aliphatic carbocycles. The van der Waals surface area contributed by atoms with Crippen molar-refractivity contribution in [3.63, 3.8) is 0 Å². The quantitative estimate of drug-likeness (QED) is 0.124. The van der Waals surface area contributed by atoms with Crippen molar-refractivity contribution in [1.82, 2.24) is 29.8 Å². The fourth-order valence-electron chi connectivity index (χ4n) is 7.64. The number of phenolic OH excluding ortho intramolecular Hbond substituents is 1. The summed E-state index contributed by atoms with van der Waals surface area (Å²) in [6, 6.07) is 6.74. The summed E-state index contributed by atoms with van der Waals surface area (Å²) in [6.45, 7) is 5.68. The third-order valence-corrected chi connectivity index (χ3v) is 10.5. The lowest BCUT2D eigenvalue weighted by molar-refractivity contribution is -0.129. The summed E-state index contributed by atoms with van der Waals surface area (Å²) in [6.07, 6.45) is 13.7. The average Bonchev–Trinajstić information content (AvgIpc) is 3.77. The van der Waals surface area contributed by atoms with Gasteiger partial charge >= 0.3 is 6.01 Å². The molecule has 1 saturated carbocycles. The van der Waals surface area contributed by atoms with Crippen LogP contribution in [0.2, 0.25) is 0 Å². The van der Waals surface area contributed by atoms with Gasteiger partial charge in [-0.05, 0) is 55.5 Å². The van der Waals surface area contributed by atoms with Crippen LogP contribution in [0, 0.1) is 24.0 Å². The molecule has 0 radical (unpaired) electrons. The highest BCUT2D eigenvalue weighted by molar-refractivity contribution is 6.03. The van der Waals surface area contributed by atoms with Gasteiger partial charge in [0.25, 0.3) is 0 Å². The minimum atomic E-state index is -1.18. The van der Waals surface area contributed by atoms with Crippen molar-refractivity contribution in [1.29, 1.82) is 0 Å². The number of ether oxygens (including phenoxy) is 1. The number of rotatable bonds is 10. The van der Waals surface area contributed by atoms with Gasteiger partial charge in [0.15, 0.2) is 5.82 Å². The Kier molecular flexibility index (Phi) is 9.27. The molecular formula is C39H37F3N8O3. The zero-order valence-corrected chi connectivity index (χ0v) is 29.2. The predicted octanol–water partition coefficient (Wildman–Crippen LogP) is 6.36. The maximum absolute atomic E-state index is 17.0. The number of anilines is 2. The van der Waals surface area contributed by atoms with E-state index in [-0.39, 0.29) is 82.7 Å². The van der Waals surface area contributed by atoms with E-state index >= 15 is 4.39 Å². The molecule has 11 nitrogen and oxygen atoms in total. The van der Waals surface area contributed by atoms with E-state index in [1.54, 1.807) is 35.3 Å². The number of phenols is 1. The SMILES string of the molecule is C#Cc1c(F)ccc2cc(O)cc(-c3ncc4c(NCC5(N(C)C(=O)C=C)CCCC5)nc(OC[C@]5(C)C[C@@H](F)CN5c5ncccn5)nc4c3F)c12. The number of carbonyl (C=O) groups excluding carboxylic acids is 1. The van der Waals surface area contributed by atoms with E-state index in [0.717, 1.165) is 25.7 Å². The van der Waals surface area contributed by atoms with E-state index in [0.29, 0.717) is 11.3 Å². The Morgan fingerprint density at radius 1 is 1.21 bits per heavy atom. The molecule has 2 atom stereocenters. The molecule has 5 aromatic rings. The van der Waals surface area contributed by atoms with Crippen LogP contribution in [0.5, 0.6) is 11.8 Å². The Hall–Kier alpha value is -5.97. The lowest BCUT2D eigenvalue weighted by atomic mass is 9.95. The molecule has 1 saturated heterocycles. The summed E-state index contributed by atoms with van der Waals surface area (Å²) in [5, 5.41) is 14.7. The van der Waals surface area contributed by atoms with Crippen LogP contribution in [0.15, 0.2) is 61.6 Å². The number of halogens is 3. The second-order valence-electron chi connectivity index (χ2n) is 13.8. The molecule has 1 aliphatic heterocycles. The third kappa shape index (κ3) is 6.41. The number of alkyl halides is 1. The van der Waals surface area contributed by atoms with Crippen LogP contribution >= 0.6 is 0 Å². The minimum absolute atomic E-state index is 0.0516. The van der Waals surface area contributed by atoms with Gasteiger partial charge in [-0.2, -0.15) is 9.97 Å². The van der Waals surface area contributed by atoms with E-state index in [1.807, 2.05) is 6.92 Å². The maximum atomic E-state index is 17.0. The van der Waals surface area contributed by atoms with Crippen molar-refractivity contribution in [2.75, 3.05) is 37.0 Å². The lowest BCUT2D eigenvalue weighted by Crippen LogP contribution is -2.51. The van der Waals surface area contributed by atoms with Crippen molar-refractivity contribution in [3.8, 4) is 35.4 Å². The topological polar surface area (TPSA) is 129 Å². The van der Waals surface area contributed by atoms with E-state index in [9.17, 15) is 18.7 Å². The van der Waals surface area contributed by atoms with Crippen LogP contribution in [-0.2, 0) is 4.79 Å². The van der Waals surface area contributed by atoms with Crippen LogP contribution in [0.1, 0.15) is 44.6 Å². The smallest absolute Gasteiger partial charge is 0.319 e. The lowest BCUT2D eigenvalue weighted by Gasteiger charge is -2.38. The summed E-state index contributed by atoms with van der Waals surface area (Å²) in [7, 11) is 1.73. The van der Waals surface area contributed by atoms with Crippen LogP contribution in [0.25, 0.3) is 32.9 Å². The van der Waals surface area contributed by atoms with Crippen molar-refractivity contribution in [2.45, 2.75) is 56.3 Å². The number of aromatic hydroxyl groups is 1. The predicted molar refractivity (Wildman–Crippen MR) is 195 cm³/mol. The summed E-state index contributed by atoms with van der Waals surface area (Å²) in [4.78, 5) is 38.3. The number of amides is 1. The Balaban J connectivity index is 1.34. The van der Waals surface area contributed by atoms with Gasteiger partial charge in [0, 0.05) is 49.6 Å². The average molecular weight is 723 g/mol. The molecule has 2 fully saturated rings. The van der Waals surface area contributed by atoms with Gasteiger partial charge in [-0.3, -0.25) is 9.78 Å². The number of hydrogen-bond acceptors (Lipinski definition) is 10. The van der Waals surface area contributed by atoms with Crippen molar-refractivity contribution >= 4 is 39.3 Å². The molecule has 3 aromatic heterocycles. The van der Waals surface area contributed by atoms with Crippen molar-refractivity contribution in [2.24, 2.45) is 0 Å². The van der Waals surface area contributed by atoms with Crippen molar-refractivity contribution < 1.29 is 27.8 Å². The largest absolute Gasteiger partial charge is 0.508 e. The van der Waals surface area contributed by atoms with Crippen LogP contribution in [-0.4, -0.2) is 84.8 Å². The fraction of sp³-hybridized carbons (Fsp3) is 0.333. The standard InChI is InChI=1S/C39H37F3N8O3/c1-5-26-29(41)11-10-23-16-25(51)17-27(31(23)26)33-32(42)34-28(19-45-33)35(46-21-39(12-7-8-13-39)49(4)30(52)6-2)48-37(47-34)53-22-38(3)18-24(40)20-50(38)36-43-14-9-15-44-36/h1,6,9-11,14-17,19,24,51H,2,7-8,12-13,18,20-22H2,3-4H3,(H,46,47,48)/t24-,38+/m1/s1. The summed E-state index contributed by atoms with van der Waals surface area (Å²) < 4.78 is 53.0. The number of benzene rings is 2. The first-order valence-electron chi connectivity index (χ1n) is 17.2. The molecular weight excluding hydrogens is 685 g/mol. The Morgan fingerprint density at radius 3 is 2.68 bits per heavy atom. The van der Waals surface area contributed by atoms with Gasteiger partial charge < -0.3 is 25.0 Å². The number of nitrogens with one attached hydrogen (secondary N) is 1. The van der Waals surface area contributed by atoms with Gasteiger partial charge in [0.2, 0.25) is 11.9 Å².